The van der Waals surface area contributed by atoms with E-state index in [4.69, 9.17) is 9.26 Å². The number of likely N-dealkylation sites (tertiary alicyclic amines) is 1. The van der Waals surface area contributed by atoms with Crippen molar-refractivity contribution in [3.8, 4) is 17.0 Å². The molecular formula is C28H34N6O4. The molecule has 1 atom stereocenters. The van der Waals surface area contributed by atoms with Gasteiger partial charge in [-0.15, -0.1) is 0 Å². The number of hydrogen-bond donors (Lipinski definition) is 2. The first-order chi connectivity index (χ1) is 18.2. The van der Waals surface area contributed by atoms with Crippen LogP contribution in [0.1, 0.15) is 51.4 Å². The van der Waals surface area contributed by atoms with Crippen LogP contribution in [0, 0.1) is 0 Å². The molecular weight excluding hydrogens is 484 g/mol. The molecule has 0 aliphatic carbocycles. The lowest BCUT2D eigenvalue weighted by atomic mass is 9.87. The predicted molar refractivity (Wildman–Crippen MR) is 142 cm³/mol. The molecule has 0 radical (unpaired) electrons. The van der Waals surface area contributed by atoms with Crippen molar-refractivity contribution < 1.29 is 19.2 Å². The first kappa shape index (κ1) is 24.7. The molecule has 200 valence electrons. The fourth-order valence-corrected chi connectivity index (χ4v) is 5.37. The fraction of sp³-hybridized carbons (Fsp3) is 0.500. The number of benzene rings is 1. The normalized spacial score (nSPS) is 20.5. The third kappa shape index (κ3) is 4.80. The second kappa shape index (κ2) is 9.27. The van der Waals surface area contributed by atoms with Crippen LogP contribution in [0.25, 0.3) is 11.3 Å². The second-order valence-electron chi connectivity index (χ2n) is 11.7. The summed E-state index contributed by atoms with van der Waals surface area (Å²) >= 11 is 0. The molecule has 2 fully saturated rings. The number of nitrogens with zero attached hydrogens (tertiary/aromatic N) is 5. The van der Waals surface area contributed by atoms with Crippen molar-refractivity contribution in [1.29, 1.82) is 0 Å². The predicted octanol–water partition coefficient (Wildman–Crippen LogP) is 4.00. The summed E-state index contributed by atoms with van der Waals surface area (Å²) in [5, 5.41) is 16.7. The van der Waals surface area contributed by atoms with Gasteiger partial charge in [0.05, 0.1) is 18.0 Å². The number of rotatable bonds is 3. The first-order valence-electron chi connectivity index (χ1n) is 13.3. The SMILES string of the molecule is CC(C)(C)c1noc(N2CCC3(CC2)Cc2cc(-c4ccc(NC(=O)N5CC[C@@H](O)C5)cc4)ncc2O3)n1. The lowest BCUT2D eigenvalue weighted by Gasteiger charge is -2.37. The van der Waals surface area contributed by atoms with Crippen LogP contribution in [0.15, 0.2) is 41.1 Å². The summed E-state index contributed by atoms with van der Waals surface area (Å²) in [5.74, 6) is 1.57. The van der Waals surface area contributed by atoms with E-state index in [0.29, 0.717) is 31.2 Å². The monoisotopic (exact) mass is 518 g/mol. The highest BCUT2D eigenvalue weighted by Crippen LogP contribution is 2.42. The number of aliphatic hydroxyl groups is 1. The van der Waals surface area contributed by atoms with Gasteiger partial charge in [-0.2, -0.15) is 4.98 Å². The van der Waals surface area contributed by atoms with Gasteiger partial charge in [0.25, 0.3) is 0 Å². The van der Waals surface area contributed by atoms with Crippen LogP contribution >= 0.6 is 0 Å². The molecule has 5 heterocycles. The van der Waals surface area contributed by atoms with Gasteiger partial charge in [0, 0.05) is 67.7 Å². The lowest BCUT2D eigenvalue weighted by molar-refractivity contribution is 0.0653. The Balaban J connectivity index is 1.08. The van der Waals surface area contributed by atoms with E-state index in [0.717, 1.165) is 55.2 Å². The van der Waals surface area contributed by atoms with E-state index >= 15 is 0 Å². The molecule has 0 unspecified atom stereocenters. The number of carbonyl (C=O) groups excluding carboxylic acids is 1. The van der Waals surface area contributed by atoms with Crippen LogP contribution in [0.4, 0.5) is 16.5 Å². The lowest BCUT2D eigenvalue weighted by Crippen LogP contribution is -2.47. The Labute approximate surface area is 222 Å². The van der Waals surface area contributed by atoms with E-state index in [1.807, 2.05) is 30.5 Å². The van der Waals surface area contributed by atoms with E-state index in [-0.39, 0.29) is 17.0 Å². The van der Waals surface area contributed by atoms with Gasteiger partial charge in [0.15, 0.2) is 5.82 Å². The Morgan fingerprint density at radius 3 is 2.58 bits per heavy atom. The molecule has 1 spiro atoms. The number of aromatic nitrogens is 3. The van der Waals surface area contributed by atoms with Gasteiger partial charge in [-0.05, 0) is 24.6 Å². The smallest absolute Gasteiger partial charge is 0.324 e. The van der Waals surface area contributed by atoms with Crippen LogP contribution in [-0.2, 0) is 11.8 Å². The zero-order valence-corrected chi connectivity index (χ0v) is 22.1. The van der Waals surface area contributed by atoms with Crippen LogP contribution in [-0.4, -0.2) is 69.0 Å². The number of aliphatic hydroxyl groups excluding tert-OH is 1. The van der Waals surface area contributed by atoms with Gasteiger partial charge in [-0.1, -0.05) is 38.1 Å². The summed E-state index contributed by atoms with van der Waals surface area (Å²) in [7, 11) is 0. The van der Waals surface area contributed by atoms with Gasteiger partial charge in [-0.25, -0.2) is 4.79 Å². The van der Waals surface area contributed by atoms with Crippen molar-refractivity contribution in [2.24, 2.45) is 0 Å². The Morgan fingerprint density at radius 1 is 1.16 bits per heavy atom. The summed E-state index contributed by atoms with van der Waals surface area (Å²) < 4.78 is 12.0. The zero-order valence-electron chi connectivity index (χ0n) is 22.1. The molecule has 10 heteroatoms. The molecule has 6 rings (SSSR count). The van der Waals surface area contributed by atoms with Gasteiger partial charge in [0.2, 0.25) is 0 Å². The van der Waals surface area contributed by atoms with E-state index in [2.05, 4.69) is 52.2 Å². The number of hydrogen-bond acceptors (Lipinski definition) is 8. The summed E-state index contributed by atoms with van der Waals surface area (Å²) in [4.78, 5) is 25.4. The maximum Gasteiger partial charge on any atom is 0.324 e. The molecule has 3 aliphatic heterocycles. The Hall–Kier alpha value is -3.66. The van der Waals surface area contributed by atoms with Crippen LogP contribution in [0.2, 0.25) is 0 Å². The number of piperidine rings is 1. The minimum absolute atomic E-state index is 0.147. The number of carbonyl (C=O) groups is 1. The number of pyridine rings is 1. The third-order valence-corrected chi connectivity index (χ3v) is 7.70. The molecule has 3 aliphatic rings. The van der Waals surface area contributed by atoms with Crippen LogP contribution < -0.4 is 15.0 Å². The maximum absolute atomic E-state index is 12.4. The molecule has 3 aromatic rings. The highest BCUT2D eigenvalue weighted by atomic mass is 16.5. The second-order valence-corrected chi connectivity index (χ2v) is 11.7. The summed E-state index contributed by atoms with van der Waals surface area (Å²) in [5.41, 5.74) is 3.36. The average molecular weight is 519 g/mol. The topological polar surface area (TPSA) is 117 Å². The Bertz CT molecular complexity index is 1320. The maximum atomic E-state index is 12.4. The van der Waals surface area contributed by atoms with E-state index < -0.39 is 6.10 Å². The molecule has 38 heavy (non-hydrogen) atoms. The number of ether oxygens (including phenoxy) is 1. The van der Waals surface area contributed by atoms with Gasteiger partial charge in [-0.3, -0.25) is 4.98 Å². The van der Waals surface area contributed by atoms with E-state index in [1.165, 1.54) is 5.56 Å². The molecule has 0 saturated carbocycles. The van der Waals surface area contributed by atoms with Gasteiger partial charge >= 0.3 is 12.0 Å². The van der Waals surface area contributed by atoms with E-state index in [9.17, 15) is 9.90 Å². The standard InChI is InChI=1S/C28H34N6O4/c1-27(2,3)24-31-26(38-32-24)33-12-9-28(10-13-33)15-19-14-22(29-16-23(19)37-28)18-4-6-20(7-5-18)30-25(36)34-11-8-21(35)17-34/h4-7,14,16,21,35H,8-13,15,17H2,1-3H3,(H,30,36)/t21-/m1/s1. The van der Waals surface area contributed by atoms with Crippen molar-refractivity contribution in [2.45, 2.75) is 63.6 Å². The van der Waals surface area contributed by atoms with Crippen molar-refractivity contribution in [3.05, 3.63) is 47.9 Å². The third-order valence-electron chi connectivity index (χ3n) is 7.70. The number of amides is 2. The molecule has 2 saturated heterocycles. The van der Waals surface area contributed by atoms with Crippen LogP contribution in [0.5, 0.6) is 5.75 Å². The highest BCUT2D eigenvalue weighted by molar-refractivity contribution is 5.89. The van der Waals surface area contributed by atoms with Crippen molar-refractivity contribution >= 4 is 17.7 Å². The molecule has 2 aromatic heterocycles. The van der Waals surface area contributed by atoms with Crippen molar-refractivity contribution in [2.75, 3.05) is 36.4 Å². The number of anilines is 2. The summed E-state index contributed by atoms with van der Waals surface area (Å²) in [6.07, 6.45) is 4.60. The molecule has 0 bridgehead atoms. The van der Waals surface area contributed by atoms with Crippen molar-refractivity contribution in [3.63, 3.8) is 0 Å². The Kier molecular flexibility index (Phi) is 6.02. The number of β-amino-alcohol motifs (C(OH)–C–C–N with tert-alkyl or cyclic N) is 1. The number of urea groups is 1. The fourth-order valence-electron chi connectivity index (χ4n) is 5.37. The van der Waals surface area contributed by atoms with Crippen molar-refractivity contribution in [1.82, 2.24) is 20.0 Å². The van der Waals surface area contributed by atoms with Gasteiger partial charge in [0.1, 0.15) is 11.4 Å². The first-order valence-corrected chi connectivity index (χ1v) is 13.3. The van der Waals surface area contributed by atoms with E-state index in [1.54, 1.807) is 4.90 Å². The average Bonchev–Trinajstić information content (AvgIpc) is 3.63. The summed E-state index contributed by atoms with van der Waals surface area (Å²) in [6, 6.07) is 10.2. The Morgan fingerprint density at radius 2 is 1.92 bits per heavy atom. The number of nitrogens with one attached hydrogen (secondary N) is 1. The highest BCUT2D eigenvalue weighted by Gasteiger charge is 2.43. The largest absolute Gasteiger partial charge is 0.485 e. The molecule has 2 N–H and O–H groups in total. The molecule has 1 aromatic carbocycles. The van der Waals surface area contributed by atoms with Gasteiger partial charge < -0.3 is 29.5 Å². The summed E-state index contributed by atoms with van der Waals surface area (Å²) in [6.45, 7) is 8.77. The zero-order chi connectivity index (χ0) is 26.5. The van der Waals surface area contributed by atoms with Crippen LogP contribution in [0.3, 0.4) is 0 Å². The minimum atomic E-state index is -0.434. The minimum Gasteiger partial charge on any atom is -0.485 e. The molecule has 2 amide bonds. The number of fused-ring (bicyclic) bond motifs is 1. The quantitative estimate of drug-likeness (QED) is 0.534. The molecule has 10 nitrogen and oxygen atoms in total.